The van der Waals surface area contributed by atoms with Gasteiger partial charge in [0.1, 0.15) is 0 Å². The van der Waals surface area contributed by atoms with Gasteiger partial charge < -0.3 is 10.6 Å². The highest BCUT2D eigenvalue weighted by Gasteiger charge is 2.20. The molecule has 3 nitrogen and oxygen atoms in total. The Kier molecular flexibility index (Phi) is 4.42. The average molecular weight is 201 g/mol. The Balaban J connectivity index is 2.40. The second kappa shape index (κ2) is 5.37. The number of rotatable bonds is 3. The summed E-state index contributed by atoms with van der Waals surface area (Å²) in [5, 5.41) is 0. The summed E-state index contributed by atoms with van der Waals surface area (Å²) in [6.07, 6.45) is 2.30. The van der Waals surface area contributed by atoms with Gasteiger partial charge in [0.15, 0.2) is 5.96 Å². The molecule has 76 valence electrons. The molecule has 1 rings (SSSR count). The fraction of sp³-hybridized carbons (Fsp3) is 0.889. The largest absolute Gasteiger partial charge is 0.370 e. The molecule has 0 radical (unpaired) electrons. The highest BCUT2D eigenvalue weighted by Crippen LogP contribution is 2.20. The summed E-state index contributed by atoms with van der Waals surface area (Å²) >= 11 is 2.00. The van der Waals surface area contributed by atoms with Crippen LogP contribution in [0.25, 0.3) is 0 Å². The third kappa shape index (κ3) is 3.10. The van der Waals surface area contributed by atoms with E-state index < -0.39 is 0 Å². The maximum absolute atomic E-state index is 5.85. The van der Waals surface area contributed by atoms with E-state index in [0.717, 1.165) is 13.0 Å². The number of hydrogen-bond donors (Lipinski definition) is 1. The summed E-state index contributed by atoms with van der Waals surface area (Å²) in [7, 11) is 2.05. The fourth-order valence-electron chi connectivity index (χ4n) is 1.35. The molecule has 1 aliphatic heterocycles. The van der Waals surface area contributed by atoms with Crippen LogP contribution in [0.15, 0.2) is 4.99 Å². The molecule has 1 aliphatic rings. The van der Waals surface area contributed by atoms with Gasteiger partial charge in [-0.05, 0) is 18.6 Å². The molecule has 2 N–H and O–H groups in total. The van der Waals surface area contributed by atoms with Gasteiger partial charge in [-0.1, -0.05) is 6.92 Å². The van der Waals surface area contributed by atoms with Crippen molar-refractivity contribution in [3.8, 4) is 0 Å². The SMILES string of the molecule is CCCN=C(N)N(C)C1CCSC1. The zero-order valence-corrected chi connectivity index (χ0v) is 9.31. The Hall–Kier alpha value is -0.380. The number of aliphatic imine (C=N–C) groups is 1. The van der Waals surface area contributed by atoms with Crippen molar-refractivity contribution in [3.05, 3.63) is 0 Å². The monoisotopic (exact) mass is 201 g/mol. The van der Waals surface area contributed by atoms with Crippen LogP contribution < -0.4 is 5.73 Å². The van der Waals surface area contributed by atoms with Crippen LogP contribution in [-0.2, 0) is 0 Å². The van der Waals surface area contributed by atoms with Gasteiger partial charge in [-0.15, -0.1) is 0 Å². The van der Waals surface area contributed by atoms with Gasteiger partial charge in [0.25, 0.3) is 0 Å². The zero-order chi connectivity index (χ0) is 9.68. The quantitative estimate of drug-likeness (QED) is 0.550. The van der Waals surface area contributed by atoms with Crippen molar-refractivity contribution >= 4 is 17.7 Å². The summed E-state index contributed by atoms with van der Waals surface area (Å²) in [5.41, 5.74) is 5.85. The van der Waals surface area contributed by atoms with E-state index in [0.29, 0.717) is 12.0 Å². The first-order valence-corrected chi connectivity index (χ1v) is 6.01. The molecule has 1 atom stereocenters. The van der Waals surface area contributed by atoms with Gasteiger partial charge in [-0.25, -0.2) is 0 Å². The van der Waals surface area contributed by atoms with Crippen LogP contribution in [0, 0.1) is 0 Å². The Morgan fingerprint density at radius 3 is 3.00 bits per heavy atom. The summed E-state index contributed by atoms with van der Waals surface area (Å²) in [6.45, 7) is 2.96. The molecular formula is C9H19N3S. The number of thioether (sulfide) groups is 1. The molecule has 0 saturated carbocycles. The molecule has 0 aliphatic carbocycles. The molecule has 1 saturated heterocycles. The Bertz CT molecular complexity index is 176. The maximum atomic E-state index is 5.85. The summed E-state index contributed by atoms with van der Waals surface area (Å²) < 4.78 is 0. The van der Waals surface area contributed by atoms with E-state index in [2.05, 4.69) is 16.8 Å². The first kappa shape index (κ1) is 10.7. The molecule has 13 heavy (non-hydrogen) atoms. The highest BCUT2D eigenvalue weighted by atomic mass is 32.2. The molecule has 0 aromatic carbocycles. The molecule has 0 aromatic rings. The number of guanidine groups is 1. The van der Waals surface area contributed by atoms with Crippen LogP contribution in [0.2, 0.25) is 0 Å². The fourth-order valence-corrected chi connectivity index (χ4v) is 2.62. The van der Waals surface area contributed by atoms with Crippen molar-refractivity contribution in [2.75, 3.05) is 25.1 Å². The second-order valence-electron chi connectivity index (χ2n) is 3.37. The predicted octanol–water partition coefficient (Wildman–Crippen LogP) is 1.15. The van der Waals surface area contributed by atoms with Crippen molar-refractivity contribution in [2.24, 2.45) is 10.7 Å². The minimum absolute atomic E-state index is 0.602. The molecule has 0 aromatic heterocycles. The van der Waals surface area contributed by atoms with Gasteiger partial charge in [0.2, 0.25) is 0 Å². The molecule has 4 heteroatoms. The van der Waals surface area contributed by atoms with Gasteiger partial charge >= 0.3 is 0 Å². The highest BCUT2D eigenvalue weighted by molar-refractivity contribution is 7.99. The minimum Gasteiger partial charge on any atom is -0.370 e. The lowest BCUT2D eigenvalue weighted by atomic mass is 10.2. The van der Waals surface area contributed by atoms with E-state index >= 15 is 0 Å². The predicted molar refractivity (Wildman–Crippen MR) is 60.3 cm³/mol. The lowest BCUT2D eigenvalue weighted by Crippen LogP contribution is -2.42. The van der Waals surface area contributed by atoms with E-state index in [1.807, 2.05) is 18.8 Å². The topological polar surface area (TPSA) is 41.6 Å². The van der Waals surface area contributed by atoms with Crippen LogP contribution in [0.1, 0.15) is 19.8 Å². The van der Waals surface area contributed by atoms with Crippen molar-refractivity contribution in [1.29, 1.82) is 0 Å². The maximum Gasteiger partial charge on any atom is 0.191 e. The summed E-state index contributed by atoms with van der Waals surface area (Å²) in [5.74, 6) is 3.16. The van der Waals surface area contributed by atoms with Crippen molar-refractivity contribution in [1.82, 2.24) is 4.90 Å². The third-order valence-corrected chi connectivity index (χ3v) is 3.46. The Morgan fingerprint density at radius 2 is 2.46 bits per heavy atom. The van der Waals surface area contributed by atoms with Gasteiger partial charge in [-0.2, -0.15) is 11.8 Å². The Morgan fingerprint density at radius 1 is 1.69 bits per heavy atom. The van der Waals surface area contributed by atoms with Gasteiger partial charge in [0.05, 0.1) is 0 Å². The van der Waals surface area contributed by atoms with Crippen LogP contribution in [0.4, 0.5) is 0 Å². The Labute approximate surface area is 84.8 Å². The van der Waals surface area contributed by atoms with Crippen molar-refractivity contribution < 1.29 is 0 Å². The van der Waals surface area contributed by atoms with Crippen LogP contribution in [-0.4, -0.2) is 42.0 Å². The van der Waals surface area contributed by atoms with Crippen LogP contribution >= 0.6 is 11.8 Å². The lowest BCUT2D eigenvalue weighted by molar-refractivity contribution is 0.392. The average Bonchev–Trinajstić information content (AvgIpc) is 2.65. The number of hydrogen-bond acceptors (Lipinski definition) is 2. The summed E-state index contributed by atoms with van der Waals surface area (Å²) in [4.78, 5) is 6.42. The lowest BCUT2D eigenvalue weighted by Gasteiger charge is -2.24. The number of nitrogens with zero attached hydrogens (tertiary/aromatic N) is 2. The first-order chi connectivity index (χ1) is 6.25. The normalized spacial score (nSPS) is 23.5. The molecule has 1 fully saturated rings. The second-order valence-corrected chi connectivity index (χ2v) is 4.52. The van der Waals surface area contributed by atoms with E-state index in [4.69, 9.17) is 5.73 Å². The molecule has 1 unspecified atom stereocenters. The summed E-state index contributed by atoms with van der Waals surface area (Å²) in [6, 6.07) is 0.602. The van der Waals surface area contributed by atoms with Crippen LogP contribution in [0.5, 0.6) is 0 Å². The third-order valence-electron chi connectivity index (χ3n) is 2.31. The molecule has 0 bridgehead atoms. The number of nitrogens with two attached hydrogens (primary N) is 1. The van der Waals surface area contributed by atoms with E-state index in [9.17, 15) is 0 Å². The molecule has 1 heterocycles. The minimum atomic E-state index is 0.602. The van der Waals surface area contributed by atoms with Gasteiger partial charge in [-0.3, -0.25) is 4.99 Å². The van der Waals surface area contributed by atoms with E-state index in [-0.39, 0.29) is 0 Å². The van der Waals surface area contributed by atoms with Crippen molar-refractivity contribution in [2.45, 2.75) is 25.8 Å². The molecule has 0 spiro atoms. The standard InChI is InChI=1S/C9H19N3S/c1-3-5-11-9(10)12(2)8-4-6-13-7-8/h8H,3-7H2,1-2H3,(H2,10,11). The smallest absolute Gasteiger partial charge is 0.191 e. The van der Waals surface area contributed by atoms with Crippen LogP contribution in [0.3, 0.4) is 0 Å². The van der Waals surface area contributed by atoms with E-state index in [1.165, 1.54) is 17.9 Å². The van der Waals surface area contributed by atoms with E-state index in [1.54, 1.807) is 0 Å². The molecule has 0 amide bonds. The first-order valence-electron chi connectivity index (χ1n) is 4.86. The van der Waals surface area contributed by atoms with Crippen molar-refractivity contribution in [3.63, 3.8) is 0 Å². The van der Waals surface area contributed by atoms with Gasteiger partial charge in [0, 0.05) is 25.4 Å². The molecular weight excluding hydrogens is 182 g/mol. The zero-order valence-electron chi connectivity index (χ0n) is 8.49.